The minimum atomic E-state index is -0.559. The Labute approximate surface area is 137 Å². The Bertz CT molecular complexity index is 821. The Morgan fingerprint density at radius 3 is 2.52 bits per heavy atom. The third kappa shape index (κ3) is 3.81. The van der Waals surface area contributed by atoms with Crippen molar-refractivity contribution in [2.75, 3.05) is 0 Å². The van der Waals surface area contributed by atoms with Gasteiger partial charge in [0.15, 0.2) is 0 Å². The Morgan fingerprint density at radius 2 is 1.96 bits per heavy atom. The van der Waals surface area contributed by atoms with Gasteiger partial charge in [-0.1, -0.05) is 24.5 Å². The molecule has 0 spiro atoms. The van der Waals surface area contributed by atoms with Crippen molar-refractivity contribution >= 4 is 34.6 Å². The van der Waals surface area contributed by atoms with Crippen LogP contribution in [0.4, 0.5) is 11.4 Å². The standard InChI is InChI=1S/C16H19N5OS/c1-10(2)23(18)12-6-4-11(5-7-12)21-15(17)14-13(19-3)8-9-20-16(14)22/h4-10,18H,3H2,1-2H3,(H2,17,21)(H,20,22). The molecule has 2 aromatic rings. The van der Waals surface area contributed by atoms with Gasteiger partial charge in [0.1, 0.15) is 11.4 Å². The first-order valence-corrected chi connectivity index (χ1v) is 8.30. The van der Waals surface area contributed by atoms with Gasteiger partial charge in [-0.05, 0) is 37.0 Å². The van der Waals surface area contributed by atoms with Crippen LogP contribution in [0.5, 0.6) is 0 Å². The molecule has 2 rings (SSSR count). The van der Waals surface area contributed by atoms with Gasteiger partial charge in [0.2, 0.25) is 0 Å². The van der Waals surface area contributed by atoms with Gasteiger partial charge in [-0.25, -0.2) is 4.99 Å². The quantitative estimate of drug-likeness (QED) is 0.579. The van der Waals surface area contributed by atoms with Gasteiger partial charge in [-0.2, -0.15) is 0 Å². The van der Waals surface area contributed by atoms with Crippen LogP contribution in [0.1, 0.15) is 19.4 Å². The van der Waals surface area contributed by atoms with Crippen LogP contribution in [-0.4, -0.2) is 22.8 Å². The first-order valence-electron chi connectivity index (χ1n) is 7.01. The average Bonchev–Trinajstić information content (AvgIpc) is 2.54. The second-order valence-electron chi connectivity index (χ2n) is 5.10. The molecule has 1 atom stereocenters. The van der Waals surface area contributed by atoms with Crippen LogP contribution in [-0.2, 0) is 10.7 Å². The minimum Gasteiger partial charge on any atom is -0.383 e. The molecule has 0 saturated carbocycles. The normalized spacial score (nSPS) is 13.1. The van der Waals surface area contributed by atoms with E-state index in [2.05, 4.69) is 21.7 Å². The summed E-state index contributed by atoms with van der Waals surface area (Å²) in [5.74, 6) is 0.0794. The van der Waals surface area contributed by atoms with E-state index in [0.717, 1.165) is 4.90 Å². The van der Waals surface area contributed by atoms with Crippen LogP contribution in [0.15, 0.2) is 56.2 Å². The summed E-state index contributed by atoms with van der Waals surface area (Å²) in [5.41, 5.74) is 6.80. The third-order valence-corrected chi connectivity index (χ3v) is 4.90. The van der Waals surface area contributed by atoms with Crippen molar-refractivity contribution in [1.29, 1.82) is 4.78 Å². The lowest BCUT2D eigenvalue weighted by atomic mass is 10.2. The summed E-state index contributed by atoms with van der Waals surface area (Å²) in [4.78, 5) is 23.5. The molecule has 0 bridgehead atoms. The summed E-state index contributed by atoms with van der Waals surface area (Å²) in [6.07, 6.45) is 1.49. The lowest BCUT2D eigenvalue weighted by Gasteiger charge is -2.09. The van der Waals surface area contributed by atoms with Crippen LogP contribution in [0.2, 0.25) is 0 Å². The number of nitrogens with two attached hydrogens (primary N) is 1. The molecular formula is C16H19N5OS. The molecule has 0 aliphatic carbocycles. The summed E-state index contributed by atoms with van der Waals surface area (Å²) in [6, 6.07) is 8.92. The van der Waals surface area contributed by atoms with Gasteiger partial charge >= 0.3 is 0 Å². The highest BCUT2D eigenvalue weighted by molar-refractivity contribution is 7.86. The molecule has 0 aliphatic rings. The number of aliphatic imine (C=N–C) groups is 2. The molecule has 0 radical (unpaired) electrons. The van der Waals surface area contributed by atoms with Crippen molar-refractivity contribution in [2.45, 2.75) is 24.0 Å². The number of H-pyrrole nitrogens is 1. The zero-order valence-electron chi connectivity index (χ0n) is 13.0. The number of amidine groups is 1. The fourth-order valence-electron chi connectivity index (χ4n) is 1.98. The lowest BCUT2D eigenvalue weighted by Crippen LogP contribution is -2.24. The molecule has 0 aliphatic heterocycles. The number of aromatic amines is 1. The van der Waals surface area contributed by atoms with E-state index in [-0.39, 0.29) is 22.2 Å². The monoisotopic (exact) mass is 329 g/mol. The zero-order valence-corrected chi connectivity index (χ0v) is 13.9. The molecule has 1 unspecified atom stereocenters. The summed E-state index contributed by atoms with van der Waals surface area (Å²) in [6.45, 7) is 7.48. The Kier molecular flexibility index (Phi) is 5.23. The summed E-state index contributed by atoms with van der Waals surface area (Å²) in [7, 11) is -0.559. The smallest absolute Gasteiger partial charge is 0.261 e. The largest absolute Gasteiger partial charge is 0.383 e. The zero-order chi connectivity index (χ0) is 17.0. The number of rotatable bonds is 5. The van der Waals surface area contributed by atoms with E-state index in [1.54, 1.807) is 18.2 Å². The van der Waals surface area contributed by atoms with Crippen LogP contribution in [0, 0.1) is 4.78 Å². The number of pyridine rings is 1. The van der Waals surface area contributed by atoms with Crippen molar-refractivity contribution in [3.8, 4) is 0 Å². The van der Waals surface area contributed by atoms with Crippen molar-refractivity contribution in [2.24, 2.45) is 15.7 Å². The van der Waals surface area contributed by atoms with Crippen LogP contribution in [0.3, 0.4) is 0 Å². The van der Waals surface area contributed by atoms with E-state index >= 15 is 0 Å². The Morgan fingerprint density at radius 1 is 1.30 bits per heavy atom. The second-order valence-corrected chi connectivity index (χ2v) is 7.19. The topological polar surface area (TPSA) is 107 Å². The van der Waals surface area contributed by atoms with Crippen molar-refractivity contribution < 1.29 is 0 Å². The molecule has 0 amide bonds. The lowest BCUT2D eigenvalue weighted by molar-refractivity contribution is 1.09. The second kappa shape index (κ2) is 7.15. The highest BCUT2D eigenvalue weighted by Crippen LogP contribution is 2.20. The fourth-order valence-corrected chi connectivity index (χ4v) is 2.96. The summed E-state index contributed by atoms with van der Waals surface area (Å²) >= 11 is 0. The number of nitrogens with zero attached hydrogens (tertiary/aromatic N) is 2. The average molecular weight is 329 g/mol. The van der Waals surface area contributed by atoms with E-state index < -0.39 is 10.7 Å². The molecule has 1 heterocycles. The van der Waals surface area contributed by atoms with Gasteiger partial charge in [0, 0.05) is 16.3 Å². The maximum absolute atomic E-state index is 11.9. The number of hydrogen-bond donors (Lipinski definition) is 3. The van der Waals surface area contributed by atoms with Gasteiger partial charge in [0.25, 0.3) is 5.56 Å². The van der Waals surface area contributed by atoms with Crippen molar-refractivity contribution in [3.05, 3.63) is 52.4 Å². The minimum absolute atomic E-state index is 0.0794. The van der Waals surface area contributed by atoms with E-state index in [1.807, 2.05) is 26.0 Å². The molecule has 1 aromatic heterocycles. The third-order valence-electron chi connectivity index (χ3n) is 3.18. The number of hydrogen-bond acceptors (Lipinski definition) is 4. The van der Waals surface area contributed by atoms with Gasteiger partial charge in [-0.15, -0.1) is 0 Å². The molecule has 120 valence electrons. The molecule has 4 N–H and O–H groups in total. The van der Waals surface area contributed by atoms with E-state index in [1.165, 1.54) is 6.20 Å². The van der Waals surface area contributed by atoms with Gasteiger partial charge in [-0.3, -0.25) is 14.6 Å². The Hall–Kier alpha value is -2.54. The van der Waals surface area contributed by atoms with E-state index in [9.17, 15) is 4.79 Å². The molecule has 0 fully saturated rings. The van der Waals surface area contributed by atoms with E-state index in [0.29, 0.717) is 11.4 Å². The molecule has 7 heteroatoms. The maximum Gasteiger partial charge on any atom is 0.261 e. The molecule has 1 aromatic carbocycles. The van der Waals surface area contributed by atoms with Gasteiger partial charge < -0.3 is 10.7 Å². The summed E-state index contributed by atoms with van der Waals surface area (Å²) in [5, 5.41) is 0.263. The molecule has 23 heavy (non-hydrogen) atoms. The number of benzene rings is 1. The van der Waals surface area contributed by atoms with Crippen molar-refractivity contribution in [3.63, 3.8) is 0 Å². The highest BCUT2D eigenvalue weighted by atomic mass is 32.2. The predicted molar refractivity (Wildman–Crippen MR) is 96.6 cm³/mol. The molecular weight excluding hydrogens is 310 g/mol. The first kappa shape index (κ1) is 16.8. The maximum atomic E-state index is 11.9. The molecule has 0 saturated heterocycles. The van der Waals surface area contributed by atoms with Crippen LogP contribution in [0.25, 0.3) is 0 Å². The van der Waals surface area contributed by atoms with Crippen LogP contribution < -0.4 is 11.3 Å². The number of aromatic nitrogens is 1. The highest BCUT2D eigenvalue weighted by Gasteiger charge is 2.10. The van der Waals surface area contributed by atoms with Crippen LogP contribution >= 0.6 is 0 Å². The molecule has 6 nitrogen and oxygen atoms in total. The van der Waals surface area contributed by atoms with Gasteiger partial charge in [0.05, 0.1) is 11.4 Å². The Balaban J connectivity index is 2.37. The first-order chi connectivity index (χ1) is 10.9. The van der Waals surface area contributed by atoms with E-state index in [4.69, 9.17) is 10.5 Å². The SMILES string of the molecule is C=Nc1cc[nH]c(=O)c1C(N)=Nc1ccc(S(=N)C(C)C)cc1. The van der Waals surface area contributed by atoms with Crippen molar-refractivity contribution in [1.82, 2.24) is 4.98 Å². The summed E-state index contributed by atoms with van der Waals surface area (Å²) < 4.78 is 8.10. The fraction of sp³-hybridized carbons (Fsp3) is 0.188. The predicted octanol–water partition coefficient (Wildman–Crippen LogP) is 2.89. The number of nitrogens with one attached hydrogen (secondary N) is 2.